The maximum absolute atomic E-state index is 12.3. The van der Waals surface area contributed by atoms with Gasteiger partial charge in [-0.25, -0.2) is 4.79 Å². The lowest BCUT2D eigenvalue weighted by molar-refractivity contribution is -0.897. The number of carbonyl (C=O) groups excluding carboxylic acids is 1. The van der Waals surface area contributed by atoms with Crippen LogP contribution in [-0.4, -0.2) is 65.1 Å². The molecule has 0 spiro atoms. The molecular weight excluding hydrogens is 425 g/mol. The fraction of sp³-hybridized carbons (Fsp3) is 0.588. The van der Waals surface area contributed by atoms with Gasteiger partial charge in [0.2, 0.25) is 5.75 Å². The molecule has 0 saturated carbocycles. The molecule has 2 rings (SSSR count). The van der Waals surface area contributed by atoms with Crippen LogP contribution in [0, 0.1) is 0 Å². The number of carbonyl (C=O) groups is 1. The van der Waals surface area contributed by atoms with Crippen molar-refractivity contribution in [3.05, 3.63) is 17.7 Å². The molecule has 0 aliphatic carbocycles. The van der Waals surface area contributed by atoms with Crippen molar-refractivity contribution >= 4 is 5.97 Å². The van der Waals surface area contributed by atoms with Gasteiger partial charge in [-0.05, 0) is 12.1 Å². The molecule has 0 bridgehead atoms. The summed E-state index contributed by atoms with van der Waals surface area (Å²) in [6, 6.07) is 3.21. The summed E-state index contributed by atoms with van der Waals surface area (Å²) in [4.78, 5) is 12.3. The SMILES string of the molecule is COc1cc(C(=O)OCC[N+]2(C)CCCC2)cc(OC)c1OC.[I-]. The molecule has 1 aliphatic rings. The van der Waals surface area contributed by atoms with E-state index in [9.17, 15) is 4.79 Å². The van der Waals surface area contributed by atoms with Gasteiger partial charge in [0.05, 0.1) is 47.0 Å². The first-order valence-corrected chi connectivity index (χ1v) is 7.83. The predicted molar refractivity (Wildman–Crippen MR) is 86.4 cm³/mol. The molecule has 1 aromatic rings. The van der Waals surface area contributed by atoms with Crippen molar-refractivity contribution in [3.63, 3.8) is 0 Å². The molecule has 0 atom stereocenters. The number of quaternary nitrogens is 1. The van der Waals surface area contributed by atoms with E-state index >= 15 is 0 Å². The summed E-state index contributed by atoms with van der Waals surface area (Å²) in [5, 5.41) is 0. The Bertz CT molecular complexity index is 533. The Morgan fingerprint density at radius 2 is 1.58 bits per heavy atom. The van der Waals surface area contributed by atoms with Gasteiger partial charge >= 0.3 is 5.97 Å². The topological polar surface area (TPSA) is 54.0 Å². The molecule has 0 N–H and O–H groups in total. The first-order valence-electron chi connectivity index (χ1n) is 7.83. The van der Waals surface area contributed by atoms with Crippen molar-refractivity contribution in [3.8, 4) is 17.2 Å². The zero-order valence-electron chi connectivity index (χ0n) is 14.8. The van der Waals surface area contributed by atoms with E-state index in [1.807, 2.05) is 0 Å². The van der Waals surface area contributed by atoms with Gasteiger partial charge in [-0.2, -0.15) is 0 Å². The van der Waals surface area contributed by atoms with E-state index in [1.165, 1.54) is 34.2 Å². The molecule has 1 fully saturated rings. The number of benzene rings is 1. The first-order chi connectivity index (χ1) is 11.0. The highest BCUT2D eigenvalue weighted by Crippen LogP contribution is 2.38. The first kappa shape index (κ1) is 20.8. The zero-order chi connectivity index (χ0) is 16.9. The van der Waals surface area contributed by atoms with Crippen molar-refractivity contribution in [2.24, 2.45) is 0 Å². The third-order valence-corrected chi connectivity index (χ3v) is 4.41. The minimum atomic E-state index is -0.380. The number of ether oxygens (including phenoxy) is 4. The number of likely N-dealkylation sites (tertiary alicyclic amines) is 1. The van der Waals surface area contributed by atoms with Crippen LogP contribution in [0.2, 0.25) is 0 Å². The number of methoxy groups -OCH3 is 3. The highest BCUT2D eigenvalue weighted by atomic mass is 127. The average molecular weight is 451 g/mol. The largest absolute Gasteiger partial charge is 1.00 e. The summed E-state index contributed by atoms with van der Waals surface area (Å²) in [5.74, 6) is 0.964. The molecule has 136 valence electrons. The van der Waals surface area contributed by atoms with Gasteiger partial charge < -0.3 is 47.4 Å². The van der Waals surface area contributed by atoms with Gasteiger partial charge in [0.15, 0.2) is 11.5 Å². The number of rotatable bonds is 7. The zero-order valence-corrected chi connectivity index (χ0v) is 16.9. The van der Waals surface area contributed by atoms with Crippen molar-refractivity contribution in [2.75, 3.05) is 54.6 Å². The van der Waals surface area contributed by atoms with Crippen molar-refractivity contribution < 1.29 is 52.2 Å². The molecule has 24 heavy (non-hydrogen) atoms. The van der Waals surface area contributed by atoms with E-state index in [-0.39, 0.29) is 29.9 Å². The summed E-state index contributed by atoms with van der Waals surface area (Å²) in [7, 11) is 6.77. The molecule has 0 unspecified atom stereocenters. The second kappa shape index (κ2) is 9.31. The van der Waals surface area contributed by atoms with Crippen LogP contribution in [0.25, 0.3) is 0 Å². The molecule has 1 aromatic carbocycles. The van der Waals surface area contributed by atoms with E-state index in [4.69, 9.17) is 18.9 Å². The molecule has 0 amide bonds. The van der Waals surface area contributed by atoms with Crippen LogP contribution in [-0.2, 0) is 4.74 Å². The number of esters is 1. The Hall–Kier alpha value is -1.22. The van der Waals surface area contributed by atoms with E-state index in [0.29, 0.717) is 29.4 Å². The second-order valence-corrected chi connectivity index (χ2v) is 6.05. The lowest BCUT2D eigenvalue weighted by Gasteiger charge is -2.28. The normalized spacial score (nSPS) is 15.3. The molecular formula is C17H26INO5. The summed E-state index contributed by atoms with van der Waals surface area (Å²) in [6.45, 7) is 3.56. The number of hydrogen-bond donors (Lipinski definition) is 0. The summed E-state index contributed by atoms with van der Waals surface area (Å²) < 4.78 is 22.2. The summed E-state index contributed by atoms with van der Waals surface area (Å²) in [5.41, 5.74) is 0.392. The smallest absolute Gasteiger partial charge is 0.338 e. The van der Waals surface area contributed by atoms with Crippen LogP contribution >= 0.6 is 0 Å². The van der Waals surface area contributed by atoms with Gasteiger partial charge in [0, 0.05) is 12.8 Å². The van der Waals surface area contributed by atoms with E-state index in [2.05, 4.69) is 7.05 Å². The summed E-state index contributed by atoms with van der Waals surface area (Å²) in [6.07, 6.45) is 2.49. The highest BCUT2D eigenvalue weighted by molar-refractivity contribution is 5.91. The quantitative estimate of drug-likeness (QED) is 0.306. The van der Waals surface area contributed by atoms with Crippen LogP contribution in [0.15, 0.2) is 12.1 Å². The Balaban J connectivity index is 0.00000288. The van der Waals surface area contributed by atoms with Gasteiger partial charge in [-0.15, -0.1) is 0 Å². The Labute approximate surface area is 160 Å². The number of nitrogens with zero attached hydrogens (tertiary/aromatic N) is 1. The minimum Gasteiger partial charge on any atom is -1.00 e. The monoisotopic (exact) mass is 451 g/mol. The number of hydrogen-bond acceptors (Lipinski definition) is 5. The molecule has 0 radical (unpaired) electrons. The third kappa shape index (κ3) is 4.89. The molecule has 1 aliphatic heterocycles. The van der Waals surface area contributed by atoms with Crippen molar-refractivity contribution in [1.29, 1.82) is 0 Å². The number of likely N-dealkylation sites (N-methyl/N-ethyl adjacent to an activating group) is 1. The molecule has 6 nitrogen and oxygen atoms in total. The predicted octanol–water partition coefficient (Wildman–Crippen LogP) is -0.886. The van der Waals surface area contributed by atoms with E-state index in [1.54, 1.807) is 12.1 Å². The van der Waals surface area contributed by atoms with E-state index in [0.717, 1.165) is 24.1 Å². The van der Waals surface area contributed by atoms with Crippen LogP contribution < -0.4 is 38.2 Å². The fourth-order valence-corrected chi connectivity index (χ4v) is 2.96. The highest BCUT2D eigenvalue weighted by Gasteiger charge is 2.27. The van der Waals surface area contributed by atoms with Gasteiger partial charge in [-0.3, -0.25) is 0 Å². The third-order valence-electron chi connectivity index (χ3n) is 4.41. The van der Waals surface area contributed by atoms with Gasteiger partial charge in [0.25, 0.3) is 0 Å². The van der Waals surface area contributed by atoms with E-state index < -0.39 is 0 Å². The van der Waals surface area contributed by atoms with Gasteiger partial charge in [-0.1, -0.05) is 0 Å². The van der Waals surface area contributed by atoms with Crippen LogP contribution in [0.5, 0.6) is 17.2 Å². The fourth-order valence-electron chi connectivity index (χ4n) is 2.96. The lowest BCUT2D eigenvalue weighted by atomic mass is 10.2. The maximum Gasteiger partial charge on any atom is 0.338 e. The van der Waals surface area contributed by atoms with Crippen LogP contribution in [0.3, 0.4) is 0 Å². The lowest BCUT2D eigenvalue weighted by Crippen LogP contribution is -3.00. The second-order valence-electron chi connectivity index (χ2n) is 6.05. The Kier molecular flexibility index (Phi) is 8.08. The molecule has 0 aromatic heterocycles. The van der Waals surface area contributed by atoms with Crippen molar-refractivity contribution in [1.82, 2.24) is 0 Å². The van der Waals surface area contributed by atoms with Gasteiger partial charge in [0.1, 0.15) is 13.2 Å². The Morgan fingerprint density at radius 3 is 2.04 bits per heavy atom. The number of halogens is 1. The van der Waals surface area contributed by atoms with Crippen LogP contribution in [0.4, 0.5) is 0 Å². The standard InChI is InChI=1S/C17H26NO5.HI/c1-18(7-5-6-8-18)9-10-23-17(19)13-11-14(20-2)16(22-4)15(12-13)21-3;/h11-12H,5-10H2,1-4H3;1H/q+1;/p-1. The molecule has 1 saturated heterocycles. The molecule has 7 heteroatoms. The van der Waals surface area contributed by atoms with Crippen molar-refractivity contribution in [2.45, 2.75) is 12.8 Å². The van der Waals surface area contributed by atoms with Crippen LogP contribution in [0.1, 0.15) is 23.2 Å². The maximum atomic E-state index is 12.3. The summed E-state index contributed by atoms with van der Waals surface area (Å²) >= 11 is 0. The molecule has 1 heterocycles. The Morgan fingerprint density at radius 1 is 1.04 bits per heavy atom. The minimum absolute atomic E-state index is 0. The average Bonchev–Trinajstić information content (AvgIpc) is 2.99.